The van der Waals surface area contributed by atoms with Crippen LogP contribution < -0.4 is 9.62 Å². The summed E-state index contributed by atoms with van der Waals surface area (Å²) in [7, 11) is -3.58. The van der Waals surface area contributed by atoms with Crippen LogP contribution in [0.25, 0.3) is 0 Å². The van der Waals surface area contributed by atoms with E-state index >= 15 is 0 Å². The number of amides is 1. The standard InChI is InChI=1S/C23H22Cl2N2O3S/c1-16-5-3-4-6-19(16)14-26-23(28)18-9-7-17(8-10-18)15-27(31(2,29)30)22-12-20(24)11-21(25)13-22/h3-13H,14-15H2,1-2H3,(H,26,28). The van der Waals surface area contributed by atoms with Crippen molar-refractivity contribution in [3.8, 4) is 0 Å². The Hall–Kier alpha value is -2.54. The van der Waals surface area contributed by atoms with Crippen LogP contribution in [0.5, 0.6) is 0 Å². The normalized spacial score (nSPS) is 11.2. The van der Waals surface area contributed by atoms with Crippen molar-refractivity contribution in [1.29, 1.82) is 0 Å². The first-order chi connectivity index (χ1) is 14.6. The smallest absolute Gasteiger partial charge is 0.251 e. The topological polar surface area (TPSA) is 66.5 Å². The summed E-state index contributed by atoms with van der Waals surface area (Å²) in [6.45, 7) is 2.52. The molecule has 31 heavy (non-hydrogen) atoms. The molecule has 0 atom stereocenters. The molecule has 5 nitrogen and oxygen atoms in total. The fourth-order valence-electron chi connectivity index (χ4n) is 3.10. The van der Waals surface area contributed by atoms with Crippen molar-refractivity contribution < 1.29 is 13.2 Å². The van der Waals surface area contributed by atoms with Gasteiger partial charge in [-0.1, -0.05) is 59.6 Å². The second kappa shape index (κ2) is 9.73. The molecule has 0 radical (unpaired) electrons. The van der Waals surface area contributed by atoms with Gasteiger partial charge in [-0.15, -0.1) is 0 Å². The van der Waals surface area contributed by atoms with Gasteiger partial charge >= 0.3 is 0 Å². The highest BCUT2D eigenvalue weighted by atomic mass is 35.5. The fraction of sp³-hybridized carbons (Fsp3) is 0.174. The first-order valence-corrected chi connectivity index (χ1v) is 12.1. The largest absolute Gasteiger partial charge is 0.348 e. The summed E-state index contributed by atoms with van der Waals surface area (Å²) >= 11 is 12.1. The van der Waals surface area contributed by atoms with E-state index in [1.54, 1.807) is 36.4 Å². The van der Waals surface area contributed by atoms with Crippen LogP contribution in [-0.2, 0) is 23.1 Å². The number of sulfonamides is 1. The number of carbonyl (C=O) groups is 1. The number of halogens is 2. The molecule has 0 unspecified atom stereocenters. The Morgan fingerprint density at radius 1 is 0.968 bits per heavy atom. The van der Waals surface area contributed by atoms with E-state index in [0.717, 1.165) is 22.9 Å². The number of benzene rings is 3. The fourth-order valence-corrected chi connectivity index (χ4v) is 4.48. The highest BCUT2D eigenvalue weighted by Gasteiger charge is 2.19. The SMILES string of the molecule is Cc1ccccc1CNC(=O)c1ccc(CN(c2cc(Cl)cc(Cl)c2)S(C)(=O)=O)cc1. The van der Waals surface area contributed by atoms with Gasteiger partial charge in [0, 0.05) is 22.2 Å². The zero-order valence-corrected chi connectivity index (χ0v) is 19.4. The van der Waals surface area contributed by atoms with Crippen LogP contribution >= 0.6 is 23.2 Å². The van der Waals surface area contributed by atoms with Gasteiger partial charge in [0.05, 0.1) is 18.5 Å². The van der Waals surface area contributed by atoms with Gasteiger partial charge < -0.3 is 5.32 Å². The predicted molar refractivity (Wildman–Crippen MR) is 126 cm³/mol. The van der Waals surface area contributed by atoms with Gasteiger partial charge in [-0.25, -0.2) is 8.42 Å². The van der Waals surface area contributed by atoms with Crippen LogP contribution in [0.4, 0.5) is 5.69 Å². The number of hydrogen-bond acceptors (Lipinski definition) is 3. The zero-order valence-electron chi connectivity index (χ0n) is 17.1. The summed E-state index contributed by atoms with van der Waals surface area (Å²) in [5.74, 6) is -0.198. The molecule has 0 spiro atoms. The van der Waals surface area contributed by atoms with Crippen molar-refractivity contribution >= 4 is 44.8 Å². The summed E-state index contributed by atoms with van der Waals surface area (Å²) in [6, 6.07) is 19.3. The molecular formula is C23H22Cl2N2O3S. The Morgan fingerprint density at radius 3 is 2.16 bits per heavy atom. The van der Waals surface area contributed by atoms with Gasteiger partial charge in [-0.05, 0) is 53.9 Å². The Morgan fingerprint density at radius 2 is 1.58 bits per heavy atom. The van der Waals surface area contributed by atoms with E-state index in [9.17, 15) is 13.2 Å². The van der Waals surface area contributed by atoms with Crippen LogP contribution in [0.15, 0.2) is 66.7 Å². The van der Waals surface area contributed by atoms with E-state index in [1.807, 2.05) is 31.2 Å². The third kappa shape index (κ3) is 6.23. The van der Waals surface area contributed by atoms with Crippen molar-refractivity contribution in [1.82, 2.24) is 5.32 Å². The highest BCUT2D eigenvalue weighted by Crippen LogP contribution is 2.28. The maximum atomic E-state index is 12.5. The average molecular weight is 477 g/mol. The number of rotatable bonds is 7. The zero-order chi connectivity index (χ0) is 22.6. The van der Waals surface area contributed by atoms with Crippen LogP contribution in [-0.4, -0.2) is 20.6 Å². The van der Waals surface area contributed by atoms with Crippen molar-refractivity contribution in [3.05, 3.63) is 99.0 Å². The molecule has 8 heteroatoms. The number of carbonyl (C=O) groups excluding carboxylic acids is 1. The lowest BCUT2D eigenvalue weighted by atomic mass is 10.1. The van der Waals surface area contributed by atoms with E-state index in [-0.39, 0.29) is 12.5 Å². The van der Waals surface area contributed by atoms with Gasteiger partial charge in [0.1, 0.15) is 0 Å². The summed E-state index contributed by atoms with van der Waals surface area (Å²) in [4.78, 5) is 12.5. The van der Waals surface area contributed by atoms with Crippen LogP contribution in [0.3, 0.4) is 0 Å². The Labute approximate surface area is 192 Å². The predicted octanol–water partition coefficient (Wildman–Crippen LogP) is 5.20. The molecule has 0 aliphatic rings. The average Bonchev–Trinajstić information content (AvgIpc) is 2.70. The molecule has 0 bridgehead atoms. The minimum Gasteiger partial charge on any atom is -0.348 e. The lowest BCUT2D eigenvalue weighted by molar-refractivity contribution is 0.0951. The third-order valence-corrected chi connectivity index (χ3v) is 6.36. The second-order valence-corrected chi connectivity index (χ2v) is 9.98. The van der Waals surface area contributed by atoms with Gasteiger partial charge in [0.25, 0.3) is 5.91 Å². The monoisotopic (exact) mass is 476 g/mol. The molecule has 0 fully saturated rings. The van der Waals surface area contributed by atoms with Crippen molar-refractivity contribution in [3.63, 3.8) is 0 Å². The summed E-state index contributed by atoms with van der Waals surface area (Å²) in [5, 5.41) is 3.59. The Balaban J connectivity index is 1.73. The number of hydrogen-bond donors (Lipinski definition) is 1. The summed E-state index contributed by atoms with van der Waals surface area (Å²) in [5.41, 5.74) is 3.75. The Bertz CT molecular complexity index is 1180. The number of aryl methyl sites for hydroxylation is 1. The molecule has 0 saturated carbocycles. The summed E-state index contributed by atoms with van der Waals surface area (Å²) in [6.07, 6.45) is 1.12. The third-order valence-electron chi connectivity index (χ3n) is 4.78. The van der Waals surface area contributed by atoms with Gasteiger partial charge in [-0.3, -0.25) is 9.10 Å². The minimum absolute atomic E-state index is 0.0839. The van der Waals surface area contributed by atoms with E-state index in [0.29, 0.717) is 27.8 Å². The van der Waals surface area contributed by atoms with E-state index in [1.165, 1.54) is 10.4 Å². The molecule has 3 aromatic carbocycles. The van der Waals surface area contributed by atoms with Crippen molar-refractivity contribution in [2.45, 2.75) is 20.0 Å². The number of nitrogens with zero attached hydrogens (tertiary/aromatic N) is 1. The molecule has 3 aromatic rings. The molecule has 0 aromatic heterocycles. The van der Waals surface area contributed by atoms with Crippen molar-refractivity contribution in [2.24, 2.45) is 0 Å². The summed E-state index contributed by atoms with van der Waals surface area (Å²) < 4.78 is 25.9. The first kappa shape index (κ1) is 23.1. The quantitative estimate of drug-likeness (QED) is 0.509. The lowest BCUT2D eigenvalue weighted by Gasteiger charge is -2.23. The minimum atomic E-state index is -3.58. The molecule has 1 amide bonds. The van der Waals surface area contributed by atoms with E-state index in [4.69, 9.17) is 23.2 Å². The molecule has 0 heterocycles. The highest BCUT2D eigenvalue weighted by molar-refractivity contribution is 7.92. The molecule has 162 valence electrons. The molecule has 0 aliphatic carbocycles. The van der Waals surface area contributed by atoms with E-state index in [2.05, 4.69) is 5.32 Å². The van der Waals surface area contributed by atoms with E-state index < -0.39 is 10.0 Å². The Kier molecular flexibility index (Phi) is 7.26. The molecule has 0 saturated heterocycles. The molecule has 1 N–H and O–H groups in total. The van der Waals surface area contributed by atoms with Crippen LogP contribution in [0.2, 0.25) is 10.0 Å². The molecular weight excluding hydrogens is 455 g/mol. The van der Waals surface area contributed by atoms with Gasteiger partial charge in [-0.2, -0.15) is 0 Å². The van der Waals surface area contributed by atoms with Crippen LogP contribution in [0.1, 0.15) is 27.0 Å². The van der Waals surface area contributed by atoms with Crippen LogP contribution in [0, 0.1) is 6.92 Å². The maximum Gasteiger partial charge on any atom is 0.251 e. The van der Waals surface area contributed by atoms with Gasteiger partial charge in [0.15, 0.2) is 0 Å². The first-order valence-electron chi connectivity index (χ1n) is 9.49. The maximum absolute atomic E-state index is 12.5. The van der Waals surface area contributed by atoms with Gasteiger partial charge in [0.2, 0.25) is 10.0 Å². The van der Waals surface area contributed by atoms with Crippen molar-refractivity contribution in [2.75, 3.05) is 10.6 Å². The number of anilines is 1. The lowest BCUT2D eigenvalue weighted by Crippen LogP contribution is -2.29. The molecule has 0 aliphatic heterocycles. The number of nitrogens with one attached hydrogen (secondary N) is 1. The second-order valence-electron chi connectivity index (χ2n) is 7.20. The molecule has 3 rings (SSSR count).